The number of methoxy groups -OCH3 is 2. The second kappa shape index (κ2) is 10.6. The predicted molar refractivity (Wildman–Crippen MR) is 89.7 cm³/mol. The Morgan fingerprint density at radius 1 is 1.09 bits per heavy atom. The van der Waals surface area contributed by atoms with Crippen molar-refractivity contribution in [3.8, 4) is 5.75 Å². The fraction of sp³-hybridized carbons (Fsp3) is 0.556. The molecule has 0 aliphatic carbocycles. The molecule has 1 amide bonds. The molecule has 0 bridgehead atoms. The number of carbonyl (C=O) groups is 2. The van der Waals surface area contributed by atoms with Gasteiger partial charge in [-0.25, -0.2) is 0 Å². The van der Waals surface area contributed by atoms with Crippen molar-refractivity contribution in [1.29, 1.82) is 0 Å². The molecule has 0 radical (unpaired) electrons. The van der Waals surface area contributed by atoms with E-state index in [9.17, 15) is 9.59 Å². The summed E-state index contributed by atoms with van der Waals surface area (Å²) in [7, 11) is 2.93. The van der Waals surface area contributed by atoms with Crippen molar-refractivity contribution in [2.75, 3.05) is 27.3 Å². The summed E-state index contributed by atoms with van der Waals surface area (Å²) in [6.07, 6.45) is 4.52. The molecule has 0 heterocycles. The van der Waals surface area contributed by atoms with Crippen LogP contribution >= 0.6 is 0 Å². The Labute approximate surface area is 138 Å². The molecule has 0 aliphatic rings. The third-order valence-electron chi connectivity index (χ3n) is 3.70. The van der Waals surface area contributed by atoms with Crippen LogP contribution < -0.4 is 4.74 Å². The largest absolute Gasteiger partial charge is 0.497 e. The molecule has 0 saturated carbocycles. The first-order valence-corrected chi connectivity index (χ1v) is 8.12. The molecule has 23 heavy (non-hydrogen) atoms. The first-order chi connectivity index (χ1) is 11.1. The molecular formula is C18H27NO4. The average Bonchev–Trinajstić information content (AvgIpc) is 2.60. The van der Waals surface area contributed by atoms with Crippen LogP contribution in [0.4, 0.5) is 0 Å². The lowest BCUT2D eigenvalue weighted by Gasteiger charge is -2.22. The molecule has 0 saturated heterocycles. The monoisotopic (exact) mass is 321 g/mol. The van der Waals surface area contributed by atoms with E-state index in [0.717, 1.165) is 25.7 Å². The normalized spacial score (nSPS) is 10.2. The highest BCUT2D eigenvalue weighted by Crippen LogP contribution is 2.15. The molecule has 0 unspecified atom stereocenters. The quantitative estimate of drug-likeness (QED) is 0.490. The lowest BCUT2D eigenvalue weighted by Crippen LogP contribution is -2.34. The van der Waals surface area contributed by atoms with Gasteiger partial charge in [-0.15, -0.1) is 0 Å². The maximum Gasteiger partial charge on any atom is 0.307 e. The summed E-state index contributed by atoms with van der Waals surface area (Å²) >= 11 is 0. The molecule has 0 N–H and O–H groups in total. The summed E-state index contributed by atoms with van der Waals surface area (Å²) in [5, 5.41) is 0. The van der Waals surface area contributed by atoms with Gasteiger partial charge in [-0.05, 0) is 24.6 Å². The SMILES string of the molecule is CCCCCCN(CCC(=O)OC)C(=O)c1cccc(OC)c1. The van der Waals surface area contributed by atoms with Gasteiger partial charge in [0.1, 0.15) is 5.75 Å². The predicted octanol–water partition coefficient (Wildman–Crippen LogP) is 3.28. The van der Waals surface area contributed by atoms with Crippen molar-refractivity contribution in [2.45, 2.75) is 39.0 Å². The van der Waals surface area contributed by atoms with Crippen LogP contribution in [0.3, 0.4) is 0 Å². The fourth-order valence-electron chi connectivity index (χ4n) is 2.31. The maximum atomic E-state index is 12.7. The van der Waals surface area contributed by atoms with E-state index in [1.807, 2.05) is 0 Å². The Morgan fingerprint density at radius 2 is 1.87 bits per heavy atom. The number of unbranched alkanes of at least 4 members (excludes halogenated alkanes) is 3. The second-order valence-corrected chi connectivity index (χ2v) is 5.41. The third-order valence-corrected chi connectivity index (χ3v) is 3.70. The van der Waals surface area contributed by atoms with E-state index in [2.05, 4.69) is 11.7 Å². The number of nitrogens with zero attached hydrogens (tertiary/aromatic N) is 1. The molecule has 1 rings (SSSR count). The van der Waals surface area contributed by atoms with Gasteiger partial charge in [0.25, 0.3) is 5.91 Å². The van der Waals surface area contributed by atoms with Crippen LogP contribution in [0.25, 0.3) is 0 Å². The Hall–Kier alpha value is -2.04. The van der Waals surface area contributed by atoms with E-state index in [1.54, 1.807) is 36.3 Å². The van der Waals surface area contributed by atoms with E-state index in [4.69, 9.17) is 4.74 Å². The third kappa shape index (κ3) is 6.72. The average molecular weight is 321 g/mol. The minimum absolute atomic E-state index is 0.0794. The van der Waals surface area contributed by atoms with Gasteiger partial charge >= 0.3 is 5.97 Å². The number of hydrogen-bond donors (Lipinski definition) is 0. The van der Waals surface area contributed by atoms with Crippen LogP contribution in [0, 0.1) is 0 Å². The van der Waals surface area contributed by atoms with Crippen LogP contribution in [-0.4, -0.2) is 44.1 Å². The second-order valence-electron chi connectivity index (χ2n) is 5.41. The van der Waals surface area contributed by atoms with E-state index in [-0.39, 0.29) is 18.3 Å². The van der Waals surface area contributed by atoms with Crippen LogP contribution in [0.5, 0.6) is 5.75 Å². The number of carbonyl (C=O) groups excluding carboxylic acids is 2. The van der Waals surface area contributed by atoms with Crippen molar-refractivity contribution in [2.24, 2.45) is 0 Å². The number of benzene rings is 1. The molecule has 0 atom stereocenters. The van der Waals surface area contributed by atoms with E-state index in [0.29, 0.717) is 24.4 Å². The minimum atomic E-state index is -0.304. The zero-order valence-electron chi connectivity index (χ0n) is 14.3. The Balaban J connectivity index is 2.74. The molecule has 0 fully saturated rings. The van der Waals surface area contributed by atoms with E-state index in [1.165, 1.54) is 7.11 Å². The van der Waals surface area contributed by atoms with Crippen molar-refractivity contribution >= 4 is 11.9 Å². The number of rotatable bonds is 10. The summed E-state index contributed by atoms with van der Waals surface area (Å²) in [6, 6.07) is 7.08. The number of ether oxygens (including phenoxy) is 2. The van der Waals surface area contributed by atoms with Crippen LogP contribution in [0.15, 0.2) is 24.3 Å². The zero-order valence-corrected chi connectivity index (χ0v) is 14.3. The Kier molecular flexibility index (Phi) is 8.80. The molecule has 0 aliphatic heterocycles. The molecule has 5 heteroatoms. The smallest absolute Gasteiger partial charge is 0.307 e. The molecule has 128 valence electrons. The molecule has 1 aromatic rings. The standard InChI is InChI=1S/C18H27NO4/c1-4-5-6-7-12-19(13-11-17(20)23-3)18(21)15-9-8-10-16(14-15)22-2/h8-10,14H,4-7,11-13H2,1-3H3. The van der Waals surface area contributed by atoms with Gasteiger partial charge in [-0.1, -0.05) is 32.3 Å². The highest BCUT2D eigenvalue weighted by molar-refractivity contribution is 5.94. The fourth-order valence-corrected chi connectivity index (χ4v) is 2.31. The number of esters is 1. The Morgan fingerprint density at radius 3 is 2.52 bits per heavy atom. The van der Waals surface area contributed by atoms with Crippen molar-refractivity contribution in [3.05, 3.63) is 29.8 Å². The van der Waals surface area contributed by atoms with Crippen LogP contribution in [-0.2, 0) is 9.53 Å². The van der Waals surface area contributed by atoms with Gasteiger partial charge in [0, 0.05) is 18.7 Å². The van der Waals surface area contributed by atoms with Gasteiger partial charge in [0.15, 0.2) is 0 Å². The van der Waals surface area contributed by atoms with Gasteiger partial charge in [-0.3, -0.25) is 9.59 Å². The summed E-state index contributed by atoms with van der Waals surface area (Å²) < 4.78 is 9.84. The lowest BCUT2D eigenvalue weighted by molar-refractivity contribution is -0.140. The van der Waals surface area contributed by atoms with E-state index >= 15 is 0 Å². The first kappa shape index (κ1) is 19.0. The maximum absolute atomic E-state index is 12.7. The summed E-state index contributed by atoms with van der Waals surface area (Å²) in [5.41, 5.74) is 0.574. The van der Waals surface area contributed by atoms with Gasteiger partial charge in [0.2, 0.25) is 0 Å². The van der Waals surface area contributed by atoms with Crippen molar-refractivity contribution in [1.82, 2.24) is 4.90 Å². The molecular weight excluding hydrogens is 294 g/mol. The van der Waals surface area contributed by atoms with Crippen molar-refractivity contribution < 1.29 is 19.1 Å². The molecule has 0 spiro atoms. The summed E-state index contributed by atoms with van der Waals surface area (Å²) in [6.45, 7) is 3.16. The highest BCUT2D eigenvalue weighted by atomic mass is 16.5. The topological polar surface area (TPSA) is 55.8 Å². The first-order valence-electron chi connectivity index (χ1n) is 8.12. The van der Waals surface area contributed by atoms with Crippen LogP contribution in [0.1, 0.15) is 49.4 Å². The van der Waals surface area contributed by atoms with Gasteiger partial charge in [-0.2, -0.15) is 0 Å². The highest BCUT2D eigenvalue weighted by Gasteiger charge is 2.17. The van der Waals surface area contributed by atoms with Crippen molar-refractivity contribution in [3.63, 3.8) is 0 Å². The van der Waals surface area contributed by atoms with Crippen LogP contribution in [0.2, 0.25) is 0 Å². The van der Waals surface area contributed by atoms with Gasteiger partial charge in [0.05, 0.1) is 20.6 Å². The minimum Gasteiger partial charge on any atom is -0.497 e. The summed E-state index contributed by atoms with van der Waals surface area (Å²) in [5.74, 6) is 0.265. The molecule has 5 nitrogen and oxygen atoms in total. The van der Waals surface area contributed by atoms with E-state index < -0.39 is 0 Å². The summed E-state index contributed by atoms with van der Waals surface area (Å²) in [4.78, 5) is 25.8. The number of hydrogen-bond acceptors (Lipinski definition) is 4. The van der Waals surface area contributed by atoms with Gasteiger partial charge < -0.3 is 14.4 Å². The Bertz CT molecular complexity index is 502. The molecule has 1 aromatic carbocycles. The number of amides is 1. The molecule has 0 aromatic heterocycles. The zero-order chi connectivity index (χ0) is 17.1. The lowest BCUT2D eigenvalue weighted by atomic mass is 10.1.